The molecule has 5 rings (SSSR count). The minimum absolute atomic E-state index is 0.000932. The normalized spacial score (nSPS) is 23.0. The number of nitrogens with two attached hydrogens (primary N) is 1. The zero-order chi connectivity index (χ0) is 29.4. The summed E-state index contributed by atoms with van der Waals surface area (Å²) in [7, 11) is 2.35. The highest BCUT2D eigenvalue weighted by molar-refractivity contribution is 5.55. The maximum Gasteiger partial charge on any atom is 0.351 e. The van der Waals surface area contributed by atoms with Crippen LogP contribution in [0.5, 0.6) is 0 Å². The topological polar surface area (TPSA) is 149 Å². The number of aryl methyl sites for hydroxylation is 1. The second-order valence-electron chi connectivity index (χ2n) is 10.0. The molecule has 2 heterocycles. The molecule has 4 atom stereocenters. The van der Waals surface area contributed by atoms with E-state index in [-0.39, 0.29) is 5.82 Å². The number of nitrogens with zero attached hydrogens (tertiary/aromatic N) is 2. The third-order valence-electron chi connectivity index (χ3n) is 7.95. The molecule has 0 spiro atoms. The Labute approximate surface area is 237 Å². The lowest BCUT2D eigenvalue weighted by Gasteiger charge is -2.51. The van der Waals surface area contributed by atoms with Gasteiger partial charge in [-0.25, -0.2) is 4.79 Å². The Morgan fingerprint density at radius 3 is 1.73 bits per heavy atom. The van der Waals surface area contributed by atoms with Crippen LogP contribution in [0.2, 0.25) is 0 Å². The Kier molecular flexibility index (Phi) is 7.56. The quantitative estimate of drug-likeness (QED) is 0.188. The summed E-state index contributed by atoms with van der Waals surface area (Å²) in [4.78, 5) is 17.9. The molecule has 214 valence electrons. The van der Waals surface area contributed by atoms with Crippen LogP contribution >= 0.6 is 0 Å². The molecule has 0 aliphatic carbocycles. The van der Waals surface area contributed by atoms with Crippen molar-refractivity contribution in [2.45, 2.75) is 42.3 Å². The van der Waals surface area contributed by atoms with Crippen LogP contribution in [0.4, 0.5) is 5.82 Å². The van der Waals surface area contributed by atoms with Crippen molar-refractivity contribution in [3.05, 3.63) is 130 Å². The predicted molar refractivity (Wildman–Crippen MR) is 151 cm³/mol. The number of hydrogen-bond donors (Lipinski definition) is 4. The van der Waals surface area contributed by atoms with Crippen LogP contribution in [0.15, 0.2) is 102 Å². The number of nitrogen functional groups attached to an aromatic ring is 1. The molecular formula is C31H33N3O7. The fourth-order valence-corrected chi connectivity index (χ4v) is 6.01. The fraction of sp³-hybridized carbons (Fsp3) is 0.290. The lowest BCUT2D eigenvalue weighted by molar-refractivity contribution is -0.396. The molecular weight excluding hydrogens is 526 g/mol. The minimum atomic E-state index is -2.50. The summed E-state index contributed by atoms with van der Waals surface area (Å²) in [6.45, 7) is 1.66. The first-order valence-corrected chi connectivity index (χ1v) is 13.1. The standard InChI is InChI=1S/C31H33N3O7/c1-20-19-34(28(37)33-27(20)32)30(25(36)24(35)26(41-30)31(38,39-2)40-3)29(21-13-7-4-8-14-21,22-15-9-5-10-16-22)23-17-11-6-12-18-23/h4-19,24-26,35-36,38H,1-3H3,(H2,32,33,37)/t24-,25+,26-,30-/m0/s1. The van der Waals surface area contributed by atoms with Gasteiger partial charge in [0.15, 0.2) is 11.8 Å². The summed E-state index contributed by atoms with van der Waals surface area (Å²) < 4.78 is 18.3. The molecule has 4 aromatic rings. The van der Waals surface area contributed by atoms with E-state index in [1.807, 2.05) is 91.0 Å². The summed E-state index contributed by atoms with van der Waals surface area (Å²) in [5.74, 6) is -2.50. The first-order valence-electron chi connectivity index (χ1n) is 13.1. The van der Waals surface area contributed by atoms with E-state index in [9.17, 15) is 20.1 Å². The van der Waals surface area contributed by atoms with E-state index in [4.69, 9.17) is 19.9 Å². The third-order valence-corrected chi connectivity index (χ3v) is 7.95. The Bertz CT molecular complexity index is 1450. The molecule has 0 bridgehead atoms. The number of aliphatic hydroxyl groups is 3. The highest BCUT2D eigenvalue weighted by Gasteiger charge is 2.71. The van der Waals surface area contributed by atoms with E-state index in [1.165, 1.54) is 20.4 Å². The van der Waals surface area contributed by atoms with Crippen molar-refractivity contribution in [2.75, 3.05) is 20.0 Å². The van der Waals surface area contributed by atoms with Gasteiger partial charge in [-0.3, -0.25) is 4.57 Å². The Morgan fingerprint density at radius 1 is 0.878 bits per heavy atom. The number of ether oxygens (including phenoxy) is 3. The molecule has 0 unspecified atom stereocenters. The molecule has 10 heteroatoms. The summed E-state index contributed by atoms with van der Waals surface area (Å²) in [6, 6.07) is 27.6. The monoisotopic (exact) mass is 559 g/mol. The third kappa shape index (κ3) is 4.19. The molecule has 41 heavy (non-hydrogen) atoms. The average molecular weight is 560 g/mol. The van der Waals surface area contributed by atoms with Gasteiger partial charge in [0.1, 0.15) is 18.0 Å². The number of aliphatic hydroxyl groups excluding tert-OH is 2. The zero-order valence-corrected chi connectivity index (χ0v) is 22.9. The van der Waals surface area contributed by atoms with Crippen LogP contribution in [-0.4, -0.2) is 63.4 Å². The van der Waals surface area contributed by atoms with Gasteiger partial charge in [0.25, 0.3) is 0 Å². The molecule has 5 N–H and O–H groups in total. The molecule has 1 saturated heterocycles. The Hall–Kier alpha value is -3.90. The van der Waals surface area contributed by atoms with E-state index in [0.29, 0.717) is 22.3 Å². The summed E-state index contributed by atoms with van der Waals surface area (Å²) in [5, 5.41) is 35.2. The highest BCUT2D eigenvalue weighted by Crippen LogP contribution is 2.57. The van der Waals surface area contributed by atoms with E-state index in [0.717, 1.165) is 4.57 Å². The van der Waals surface area contributed by atoms with Crippen molar-refractivity contribution in [3.8, 4) is 0 Å². The molecule has 3 aromatic carbocycles. The van der Waals surface area contributed by atoms with Gasteiger partial charge in [0.05, 0.1) is 5.41 Å². The summed E-state index contributed by atoms with van der Waals surface area (Å²) >= 11 is 0. The van der Waals surface area contributed by atoms with Gasteiger partial charge < -0.3 is 35.3 Å². The van der Waals surface area contributed by atoms with Crippen LogP contribution in [-0.2, 0) is 25.4 Å². The zero-order valence-electron chi connectivity index (χ0n) is 22.9. The van der Waals surface area contributed by atoms with Gasteiger partial charge in [0, 0.05) is 26.0 Å². The van der Waals surface area contributed by atoms with Gasteiger partial charge in [-0.1, -0.05) is 91.0 Å². The van der Waals surface area contributed by atoms with E-state index >= 15 is 0 Å². The number of rotatable bonds is 8. The van der Waals surface area contributed by atoms with Crippen molar-refractivity contribution >= 4 is 5.82 Å². The van der Waals surface area contributed by atoms with E-state index in [2.05, 4.69) is 4.98 Å². The molecule has 10 nitrogen and oxygen atoms in total. The van der Waals surface area contributed by atoms with Crippen molar-refractivity contribution in [1.29, 1.82) is 0 Å². The van der Waals surface area contributed by atoms with E-state index < -0.39 is 41.1 Å². The maximum absolute atomic E-state index is 13.8. The van der Waals surface area contributed by atoms with Crippen molar-refractivity contribution in [3.63, 3.8) is 0 Å². The van der Waals surface area contributed by atoms with Crippen LogP contribution in [0.3, 0.4) is 0 Å². The SMILES string of the molecule is COC(O)(OC)[C@H]1O[C@](n2cc(C)c(N)nc2=O)(C(c2ccccc2)(c2ccccc2)c2ccccc2)[C@H](O)[C@@H]1O. The number of hydrogen-bond acceptors (Lipinski definition) is 9. The lowest BCUT2D eigenvalue weighted by Crippen LogP contribution is -2.64. The Balaban J connectivity index is 2.03. The summed E-state index contributed by atoms with van der Waals surface area (Å²) in [5.41, 5.74) is 3.72. The van der Waals surface area contributed by atoms with Crippen LogP contribution in [0, 0.1) is 6.92 Å². The summed E-state index contributed by atoms with van der Waals surface area (Å²) in [6.07, 6.45) is -3.91. The molecule has 0 amide bonds. The smallest absolute Gasteiger partial charge is 0.351 e. The Morgan fingerprint density at radius 2 is 1.32 bits per heavy atom. The predicted octanol–water partition coefficient (Wildman–Crippen LogP) is 1.88. The molecule has 0 radical (unpaired) electrons. The molecule has 0 saturated carbocycles. The van der Waals surface area contributed by atoms with Gasteiger partial charge in [-0.05, 0) is 23.6 Å². The van der Waals surface area contributed by atoms with Gasteiger partial charge in [0.2, 0.25) is 0 Å². The van der Waals surface area contributed by atoms with Gasteiger partial charge in [-0.2, -0.15) is 4.98 Å². The molecule has 1 fully saturated rings. The van der Waals surface area contributed by atoms with Crippen molar-refractivity contribution in [2.24, 2.45) is 0 Å². The number of aromatic nitrogens is 2. The second kappa shape index (κ2) is 10.8. The second-order valence-corrected chi connectivity index (χ2v) is 10.0. The first kappa shape index (κ1) is 28.6. The van der Waals surface area contributed by atoms with Gasteiger partial charge in [-0.15, -0.1) is 0 Å². The maximum atomic E-state index is 13.8. The molecule has 1 aliphatic heterocycles. The van der Waals surface area contributed by atoms with Crippen molar-refractivity contribution in [1.82, 2.24) is 9.55 Å². The number of benzene rings is 3. The van der Waals surface area contributed by atoms with E-state index in [1.54, 1.807) is 6.92 Å². The van der Waals surface area contributed by atoms with Crippen LogP contribution in [0.1, 0.15) is 22.3 Å². The number of methoxy groups -OCH3 is 2. The number of anilines is 1. The lowest BCUT2D eigenvalue weighted by atomic mass is 9.60. The molecule has 1 aliphatic rings. The fourth-order valence-electron chi connectivity index (χ4n) is 6.01. The van der Waals surface area contributed by atoms with Gasteiger partial charge >= 0.3 is 11.7 Å². The minimum Gasteiger partial charge on any atom is -0.387 e. The highest BCUT2D eigenvalue weighted by atomic mass is 16.8. The molecule has 1 aromatic heterocycles. The largest absolute Gasteiger partial charge is 0.387 e. The van der Waals surface area contributed by atoms with Crippen molar-refractivity contribution < 1.29 is 29.5 Å². The average Bonchev–Trinajstić information content (AvgIpc) is 3.28. The first-order chi connectivity index (χ1) is 19.7. The van der Waals surface area contributed by atoms with Crippen LogP contribution in [0.25, 0.3) is 0 Å². The van der Waals surface area contributed by atoms with Crippen LogP contribution < -0.4 is 11.4 Å².